The van der Waals surface area contributed by atoms with E-state index in [9.17, 15) is 31.4 Å². The number of hydrogen-bond donors (Lipinski definition) is 1. The van der Waals surface area contributed by atoms with E-state index in [2.05, 4.69) is 10.1 Å². The third-order valence-corrected chi connectivity index (χ3v) is 2.61. The summed E-state index contributed by atoms with van der Waals surface area (Å²) in [5.74, 6) is -3.92. The van der Waals surface area contributed by atoms with Crippen LogP contribution in [0.5, 0.6) is 0 Å². The molecule has 0 aromatic carbocycles. The maximum atomic E-state index is 12.4. The van der Waals surface area contributed by atoms with Gasteiger partial charge < -0.3 is 5.11 Å². The van der Waals surface area contributed by atoms with Gasteiger partial charge in [0.05, 0.1) is 6.10 Å². The maximum absolute atomic E-state index is 12.4. The van der Waals surface area contributed by atoms with Gasteiger partial charge in [-0.15, -0.1) is 0 Å². The number of rotatable bonds is 5. The van der Waals surface area contributed by atoms with E-state index in [1.165, 1.54) is 4.68 Å². The second kappa shape index (κ2) is 5.98. The molecule has 20 heavy (non-hydrogen) atoms. The highest BCUT2D eigenvalue weighted by Crippen LogP contribution is 2.41. The minimum atomic E-state index is -5.58. The first-order valence-corrected chi connectivity index (χ1v) is 5.75. The molecule has 10 heteroatoms. The largest absolute Gasteiger partial charge is 0.403 e. The zero-order valence-electron chi connectivity index (χ0n) is 10.4. The van der Waals surface area contributed by atoms with Crippen LogP contribution in [0.3, 0.4) is 0 Å². The molecule has 1 heterocycles. The van der Waals surface area contributed by atoms with Crippen molar-refractivity contribution in [2.24, 2.45) is 5.92 Å². The van der Waals surface area contributed by atoms with E-state index in [0.717, 1.165) is 6.33 Å². The molecule has 0 saturated heterocycles. The molecular formula is C10H13F6N3O. The molecule has 1 rings (SSSR count). The number of nitrogens with zero attached hydrogens (tertiary/aromatic N) is 3. The third kappa shape index (κ3) is 4.09. The quantitative estimate of drug-likeness (QED) is 0.850. The standard InChI is InChI=1S/C10H13F6N3O/c1-2-3-19-7(17-5-18-19)4-6(20)8(9(11,12)13)10(14,15)16/h5-6,8,20H,2-4H2,1H3. The van der Waals surface area contributed by atoms with Crippen molar-refractivity contribution >= 4 is 0 Å². The van der Waals surface area contributed by atoms with Gasteiger partial charge in [-0.25, -0.2) is 4.98 Å². The van der Waals surface area contributed by atoms with Crippen molar-refractivity contribution in [1.82, 2.24) is 14.8 Å². The molecule has 0 spiro atoms. The Balaban J connectivity index is 2.92. The van der Waals surface area contributed by atoms with Crippen molar-refractivity contribution in [1.29, 1.82) is 0 Å². The van der Waals surface area contributed by atoms with E-state index in [-0.39, 0.29) is 5.82 Å². The molecule has 4 nitrogen and oxygen atoms in total. The van der Waals surface area contributed by atoms with Crippen LogP contribution in [0.15, 0.2) is 6.33 Å². The van der Waals surface area contributed by atoms with Gasteiger partial charge in [-0.2, -0.15) is 31.4 Å². The summed E-state index contributed by atoms with van der Waals surface area (Å²) < 4.78 is 75.7. The Hall–Kier alpha value is -1.32. The number of hydrogen-bond acceptors (Lipinski definition) is 3. The summed E-state index contributed by atoms with van der Waals surface area (Å²) in [4.78, 5) is 3.58. The van der Waals surface area contributed by atoms with Gasteiger partial charge in [0.1, 0.15) is 12.2 Å². The second-order valence-corrected chi connectivity index (χ2v) is 4.23. The minimum Gasteiger partial charge on any atom is -0.392 e. The molecule has 0 fully saturated rings. The normalized spacial score (nSPS) is 14.8. The topological polar surface area (TPSA) is 50.9 Å². The summed E-state index contributed by atoms with van der Waals surface area (Å²) in [5.41, 5.74) is 0. The summed E-state index contributed by atoms with van der Waals surface area (Å²) in [5, 5.41) is 13.0. The van der Waals surface area contributed by atoms with Gasteiger partial charge in [0.15, 0.2) is 5.92 Å². The van der Waals surface area contributed by atoms with Crippen molar-refractivity contribution in [2.45, 2.75) is 44.8 Å². The van der Waals surface area contributed by atoms with E-state index in [0.29, 0.717) is 13.0 Å². The highest BCUT2D eigenvalue weighted by atomic mass is 19.4. The van der Waals surface area contributed by atoms with Crippen molar-refractivity contribution in [2.75, 3.05) is 0 Å². The summed E-state index contributed by atoms with van der Waals surface area (Å²) in [6, 6.07) is 0. The fourth-order valence-corrected chi connectivity index (χ4v) is 1.77. The molecule has 1 unspecified atom stereocenters. The minimum absolute atomic E-state index is 0.113. The van der Waals surface area contributed by atoms with Crippen molar-refractivity contribution < 1.29 is 31.4 Å². The summed E-state index contributed by atoms with van der Waals surface area (Å²) in [6.45, 7) is 2.06. The number of aryl methyl sites for hydroxylation is 1. The smallest absolute Gasteiger partial charge is 0.392 e. The Morgan fingerprint density at radius 1 is 1.20 bits per heavy atom. The van der Waals surface area contributed by atoms with Crippen LogP contribution in [-0.4, -0.2) is 38.3 Å². The predicted molar refractivity (Wildman–Crippen MR) is 55.6 cm³/mol. The highest BCUT2D eigenvalue weighted by molar-refractivity contribution is 4.93. The Morgan fingerprint density at radius 2 is 1.75 bits per heavy atom. The Bertz CT molecular complexity index is 413. The van der Waals surface area contributed by atoms with Crippen molar-refractivity contribution in [3.8, 4) is 0 Å². The SMILES string of the molecule is CCCn1ncnc1CC(O)C(C(F)(F)F)C(F)(F)F. The lowest BCUT2D eigenvalue weighted by Crippen LogP contribution is -2.46. The average Bonchev–Trinajstić information content (AvgIpc) is 2.61. The molecule has 0 bridgehead atoms. The molecule has 1 atom stereocenters. The molecule has 0 aliphatic rings. The molecule has 1 aromatic rings. The van der Waals surface area contributed by atoms with Crippen LogP contribution in [-0.2, 0) is 13.0 Å². The van der Waals surface area contributed by atoms with E-state index < -0.39 is 30.8 Å². The fraction of sp³-hybridized carbons (Fsp3) is 0.800. The van der Waals surface area contributed by atoms with Gasteiger partial charge in [-0.1, -0.05) is 6.92 Å². The molecule has 1 aromatic heterocycles. The fourth-order valence-electron chi connectivity index (χ4n) is 1.77. The Morgan fingerprint density at radius 3 is 2.20 bits per heavy atom. The summed E-state index contributed by atoms with van der Waals surface area (Å²) in [7, 11) is 0. The first-order valence-electron chi connectivity index (χ1n) is 5.75. The molecule has 1 N–H and O–H groups in total. The van der Waals surface area contributed by atoms with Gasteiger partial charge in [-0.3, -0.25) is 4.68 Å². The van der Waals surface area contributed by atoms with Gasteiger partial charge in [0.25, 0.3) is 0 Å². The van der Waals surface area contributed by atoms with Crippen LogP contribution in [0.25, 0.3) is 0 Å². The highest BCUT2D eigenvalue weighted by Gasteiger charge is 2.60. The van der Waals surface area contributed by atoms with Gasteiger partial charge in [-0.05, 0) is 6.42 Å². The molecule has 0 saturated carbocycles. The third-order valence-electron chi connectivity index (χ3n) is 2.61. The van der Waals surface area contributed by atoms with E-state index in [1.807, 2.05) is 0 Å². The first-order chi connectivity index (χ1) is 9.07. The zero-order chi connectivity index (χ0) is 15.6. The van der Waals surface area contributed by atoms with Crippen LogP contribution >= 0.6 is 0 Å². The monoisotopic (exact) mass is 305 g/mol. The van der Waals surface area contributed by atoms with Crippen molar-refractivity contribution in [3.63, 3.8) is 0 Å². The average molecular weight is 305 g/mol. The Kier molecular flexibility index (Phi) is 5.00. The van der Waals surface area contributed by atoms with E-state index >= 15 is 0 Å². The maximum Gasteiger partial charge on any atom is 0.403 e. The molecule has 0 radical (unpaired) electrons. The first kappa shape index (κ1) is 16.7. The van der Waals surface area contributed by atoms with Crippen LogP contribution in [0.1, 0.15) is 19.2 Å². The summed E-state index contributed by atoms with van der Waals surface area (Å²) in [6.07, 6.45) is -13.1. The number of aromatic nitrogens is 3. The second-order valence-electron chi connectivity index (χ2n) is 4.23. The lowest BCUT2D eigenvalue weighted by atomic mass is 9.98. The van der Waals surface area contributed by atoms with Crippen LogP contribution in [0, 0.1) is 5.92 Å². The lowest BCUT2D eigenvalue weighted by Gasteiger charge is -2.27. The number of aliphatic hydroxyl groups excluding tert-OH is 1. The van der Waals surface area contributed by atoms with Gasteiger partial charge in [0.2, 0.25) is 0 Å². The molecule has 0 amide bonds. The molecular weight excluding hydrogens is 292 g/mol. The molecule has 0 aliphatic heterocycles. The summed E-state index contributed by atoms with van der Waals surface area (Å²) >= 11 is 0. The van der Waals surface area contributed by atoms with Crippen LogP contribution < -0.4 is 0 Å². The predicted octanol–water partition coefficient (Wildman–Crippen LogP) is 2.33. The number of halogens is 6. The van der Waals surface area contributed by atoms with Gasteiger partial charge >= 0.3 is 12.4 Å². The molecule has 116 valence electrons. The zero-order valence-corrected chi connectivity index (χ0v) is 10.4. The molecule has 0 aliphatic carbocycles. The van der Waals surface area contributed by atoms with Crippen LogP contribution in [0.2, 0.25) is 0 Å². The van der Waals surface area contributed by atoms with Crippen LogP contribution in [0.4, 0.5) is 26.3 Å². The van der Waals surface area contributed by atoms with E-state index in [1.54, 1.807) is 6.92 Å². The van der Waals surface area contributed by atoms with Gasteiger partial charge in [0, 0.05) is 13.0 Å². The number of aliphatic hydroxyl groups is 1. The van der Waals surface area contributed by atoms with Crippen molar-refractivity contribution in [3.05, 3.63) is 12.2 Å². The van der Waals surface area contributed by atoms with E-state index in [4.69, 9.17) is 0 Å². The number of alkyl halides is 6. The lowest BCUT2D eigenvalue weighted by molar-refractivity contribution is -0.306. The Labute approximate surface area is 110 Å².